The van der Waals surface area contributed by atoms with Crippen molar-refractivity contribution in [2.75, 3.05) is 18.0 Å². The lowest BCUT2D eigenvalue weighted by Crippen LogP contribution is -2.58. The van der Waals surface area contributed by atoms with Crippen molar-refractivity contribution in [1.29, 1.82) is 0 Å². The molecule has 0 saturated carbocycles. The number of carbonyl (C=O) groups excluding carboxylic acids is 2. The van der Waals surface area contributed by atoms with Crippen LogP contribution in [0.25, 0.3) is 0 Å². The number of carbonyl (C=O) groups is 2. The summed E-state index contributed by atoms with van der Waals surface area (Å²) >= 11 is 0. The maximum atomic E-state index is 12.1. The van der Waals surface area contributed by atoms with Crippen LogP contribution in [0.1, 0.15) is 38.4 Å². The predicted molar refractivity (Wildman–Crippen MR) is 77.0 cm³/mol. The van der Waals surface area contributed by atoms with Crippen LogP contribution in [0.5, 0.6) is 0 Å². The van der Waals surface area contributed by atoms with Crippen LogP contribution in [0.2, 0.25) is 0 Å². The smallest absolute Gasteiger partial charge is 0.322 e. The summed E-state index contributed by atoms with van der Waals surface area (Å²) in [7, 11) is 0. The summed E-state index contributed by atoms with van der Waals surface area (Å²) < 4.78 is 0. The summed E-state index contributed by atoms with van der Waals surface area (Å²) in [6.45, 7) is 5.35. The quantitative estimate of drug-likeness (QED) is 0.786. The number of hydrogen-bond acceptors (Lipinski definition) is 5. The van der Waals surface area contributed by atoms with Crippen molar-refractivity contribution in [2.24, 2.45) is 0 Å². The summed E-state index contributed by atoms with van der Waals surface area (Å²) in [5.41, 5.74) is -0.821. The molecule has 112 valence electrons. The van der Waals surface area contributed by atoms with Crippen molar-refractivity contribution in [1.82, 2.24) is 20.6 Å². The van der Waals surface area contributed by atoms with Crippen molar-refractivity contribution >= 4 is 17.8 Å². The molecule has 0 bridgehead atoms. The lowest BCUT2D eigenvalue weighted by molar-refractivity contribution is -0.124. The van der Waals surface area contributed by atoms with Gasteiger partial charge < -0.3 is 10.2 Å². The number of nitrogens with zero attached hydrogens (tertiary/aromatic N) is 3. The Balaban J connectivity index is 1.85. The number of imide groups is 1. The van der Waals surface area contributed by atoms with Gasteiger partial charge in [-0.15, -0.1) is 0 Å². The van der Waals surface area contributed by atoms with Crippen molar-refractivity contribution in [2.45, 2.75) is 38.1 Å². The van der Waals surface area contributed by atoms with E-state index < -0.39 is 11.6 Å². The number of rotatable bonds is 2. The van der Waals surface area contributed by atoms with Gasteiger partial charge in [0, 0.05) is 18.7 Å². The van der Waals surface area contributed by atoms with Gasteiger partial charge in [-0.3, -0.25) is 10.1 Å². The van der Waals surface area contributed by atoms with Crippen LogP contribution in [0, 0.1) is 0 Å². The topological polar surface area (TPSA) is 87.2 Å². The van der Waals surface area contributed by atoms with Crippen LogP contribution in [0.15, 0.2) is 12.3 Å². The molecular formula is C14H19N5O2. The lowest BCUT2D eigenvalue weighted by Gasteiger charge is -2.38. The van der Waals surface area contributed by atoms with Crippen LogP contribution in [0.4, 0.5) is 10.6 Å². The summed E-state index contributed by atoms with van der Waals surface area (Å²) in [5, 5.41) is 5.10. The minimum absolute atomic E-state index is 0.240. The number of anilines is 1. The van der Waals surface area contributed by atoms with Crippen LogP contribution in [0.3, 0.4) is 0 Å². The Morgan fingerprint density at radius 1 is 1.38 bits per heavy atom. The summed E-state index contributed by atoms with van der Waals surface area (Å²) in [6.07, 6.45) is 3.23. The van der Waals surface area contributed by atoms with Gasteiger partial charge in [-0.1, -0.05) is 13.8 Å². The summed E-state index contributed by atoms with van der Waals surface area (Å²) in [6, 6.07) is 1.44. The monoisotopic (exact) mass is 289 g/mol. The average molecular weight is 289 g/mol. The maximum absolute atomic E-state index is 12.1. The molecule has 3 amide bonds. The molecule has 0 aliphatic carbocycles. The van der Waals surface area contributed by atoms with E-state index in [1.165, 1.54) is 0 Å². The third-order valence-electron chi connectivity index (χ3n) is 4.01. The highest BCUT2D eigenvalue weighted by Gasteiger charge is 2.48. The largest absolute Gasteiger partial charge is 0.354 e. The molecule has 2 N–H and O–H groups in total. The van der Waals surface area contributed by atoms with Gasteiger partial charge in [-0.05, 0) is 18.9 Å². The maximum Gasteiger partial charge on any atom is 0.322 e. The Labute approximate surface area is 123 Å². The highest BCUT2D eigenvalue weighted by atomic mass is 16.2. The molecule has 3 heterocycles. The first kappa shape index (κ1) is 13.8. The molecule has 1 spiro atoms. The molecule has 2 fully saturated rings. The van der Waals surface area contributed by atoms with Gasteiger partial charge in [0.25, 0.3) is 5.91 Å². The molecule has 1 aromatic heterocycles. The fraction of sp³-hybridized carbons (Fsp3) is 0.571. The minimum atomic E-state index is -0.821. The molecule has 2 aliphatic heterocycles. The number of amides is 3. The van der Waals surface area contributed by atoms with E-state index in [0.717, 1.165) is 24.6 Å². The van der Waals surface area contributed by atoms with Gasteiger partial charge in [0.05, 0.1) is 6.54 Å². The van der Waals surface area contributed by atoms with E-state index in [4.69, 9.17) is 0 Å². The molecule has 3 rings (SSSR count). The molecule has 1 unspecified atom stereocenters. The fourth-order valence-corrected chi connectivity index (χ4v) is 2.88. The van der Waals surface area contributed by atoms with Gasteiger partial charge in [0.1, 0.15) is 17.2 Å². The van der Waals surface area contributed by atoms with Crippen molar-refractivity contribution < 1.29 is 9.59 Å². The van der Waals surface area contributed by atoms with Gasteiger partial charge in [-0.25, -0.2) is 14.8 Å². The second-order valence-corrected chi connectivity index (χ2v) is 5.94. The molecule has 1 atom stereocenters. The van der Waals surface area contributed by atoms with Gasteiger partial charge in [0.15, 0.2) is 0 Å². The molecule has 1 aromatic rings. The number of nitrogens with one attached hydrogen (secondary N) is 2. The van der Waals surface area contributed by atoms with Crippen LogP contribution in [-0.2, 0) is 4.79 Å². The van der Waals surface area contributed by atoms with Gasteiger partial charge >= 0.3 is 6.03 Å². The zero-order valence-electron chi connectivity index (χ0n) is 12.2. The first-order chi connectivity index (χ1) is 10.00. The second-order valence-electron chi connectivity index (χ2n) is 5.94. The van der Waals surface area contributed by atoms with Gasteiger partial charge in [0.2, 0.25) is 0 Å². The Morgan fingerprint density at radius 2 is 2.19 bits per heavy atom. The van der Waals surface area contributed by atoms with Crippen molar-refractivity contribution in [3.8, 4) is 0 Å². The highest BCUT2D eigenvalue weighted by Crippen LogP contribution is 2.27. The molecule has 7 nitrogen and oxygen atoms in total. The van der Waals surface area contributed by atoms with Gasteiger partial charge in [-0.2, -0.15) is 0 Å². The van der Waals surface area contributed by atoms with Crippen LogP contribution >= 0.6 is 0 Å². The third-order valence-corrected chi connectivity index (χ3v) is 4.01. The zero-order valence-corrected chi connectivity index (χ0v) is 12.2. The van der Waals surface area contributed by atoms with E-state index in [1.807, 2.05) is 24.8 Å². The number of piperidine rings is 1. The normalized spacial score (nSPS) is 25.4. The molecule has 7 heteroatoms. The minimum Gasteiger partial charge on any atom is -0.354 e. The molecule has 21 heavy (non-hydrogen) atoms. The number of hydrogen-bond donors (Lipinski definition) is 2. The average Bonchev–Trinajstić information content (AvgIpc) is 2.73. The first-order valence-electron chi connectivity index (χ1n) is 7.22. The summed E-state index contributed by atoms with van der Waals surface area (Å²) in [4.78, 5) is 34.4. The van der Waals surface area contributed by atoms with E-state index in [0.29, 0.717) is 13.0 Å². The van der Waals surface area contributed by atoms with E-state index >= 15 is 0 Å². The molecule has 0 radical (unpaired) electrons. The molecule has 2 saturated heterocycles. The van der Waals surface area contributed by atoms with Crippen LogP contribution in [-0.4, -0.2) is 40.5 Å². The molecule has 0 aromatic carbocycles. The third kappa shape index (κ3) is 2.43. The highest BCUT2D eigenvalue weighted by molar-refractivity contribution is 6.07. The Bertz CT molecular complexity index is 588. The van der Waals surface area contributed by atoms with E-state index in [-0.39, 0.29) is 11.8 Å². The number of urea groups is 1. The van der Waals surface area contributed by atoms with Crippen molar-refractivity contribution in [3.05, 3.63) is 18.1 Å². The molecular weight excluding hydrogens is 270 g/mol. The number of aromatic nitrogens is 2. The van der Waals surface area contributed by atoms with E-state index in [9.17, 15) is 9.59 Å². The summed E-state index contributed by atoms with van der Waals surface area (Å²) in [5.74, 6) is 1.60. The fourth-order valence-electron chi connectivity index (χ4n) is 2.88. The lowest BCUT2D eigenvalue weighted by atomic mass is 9.89. The van der Waals surface area contributed by atoms with E-state index in [2.05, 4.69) is 20.6 Å². The van der Waals surface area contributed by atoms with Crippen LogP contribution < -0.4 is 15.5 Å². The second kappa shape index (κ2) is 4.98. The van der Waals surface area contributed by atoms with Crippen molar-refractivity contribution in [3.63, 3.8) is 0 Å². The zero-order chi connectivity index (χ0) is 15.0. The molecule has 2 aliphatic rings. The standard InChI is InChI=1S/C14H19N5O2/c1-9(2)11-15-6-4-10(16-11)19-7-3-5-14(8-19)12(20)17-13(21)18-14/h4,6,9H,3,5,7-8H2,1-2H3,(H2,17,18,20,21). The SMILES string of the molecule is CC(C)c1nccc(N2CCCC3(C2)NC(=O)NC3=O)n1. The Hall–Kier alpha value is -2.18. The Morgan fingerprint density at radius 3 is 2.86 bits per heavy atom. The van der Waals surface area contributed by atoms with E-state index in [1.54, 1.807) is 6.20 Å². The Kier molecular flexibility index (Phi) is 3.27. The predicted octanol–water partition coefficient (Wildman–Crippen LogP) is 0.778. The first-order valence-corrected chi connectivity index (χ1v) is 7.22.